The zero-order valence-corrected chi connectivity index (χ0v) is 7.51. The number of nitrogens with two attached hydrogens (primary N) is 1. The van der Waals surface area contributed by atoms with Crippen molar-refractivity contribution in [2.45, 2.75) is 13.3 Å². The molecule has 0 bridgehead atoms. The van der Waals surface area contributed by atoms with Crippen LogP contribution in [0.25, 0.3) is 0 Å². The number of hydrogen-bond donors (Lipinski definition) is 1. The van der Waals surface area contributed by atoms with Gasteiger partial charge < -0.3 is 10.6 Å². The molecule has 0 aromatic rings. The second-order valence-corrected chi connectivity index (χ2v) is 3.43. The van der Waals surface area contributed by atoms with E-state index in [0.717, 1.165) is 13.1 Å². The smallest absolute Gasteiger partial charge is 0.0163 e. The van der Waals surface area contributed by atoms with Crippen LogP contribution in [0.15, 0.2) is 11.6 Å². The van der Waals surface area contributed by atoms with Crippen LogP contribution in [0.2, 0.25) is 0 Å². The Bertz CT molecular complexity index is 152. The van der Waals surface area contributed by atoms with E-state index in [0.29, 0.717) is 5.92 Å². The molecule has 1 unspecified atom stereocenters. The van der Waals surface area contributed by atoms with Gasteiger partial charge >= 0.3 is 0 Å². The van der Waals surface area contributed by atoms with E-state index in [1.54, 1.807) is 5.57 Å². The summed E-state index contributed by atoms with van der Waals surface area (Å²) in [6, 6.07) is 0. The maximum Gasteiger partial charge on any atom is 0.0163 e. The summed E-state index contributed by atoms with van der Waals surface area (Å²) in [7, 11) is 2.15. The highest BCUT2D eigenvalue weighted by atomic mass is 15.1. The Balaban J connectivity index is 2.47. The van der Waals surface area contributed by atoms with Crippen molar-refractivity contribution in [3.05, 3.63) is 11.6 Å². The van der Waals surface area contributed by atoms with E-state index in [9.17, 15) is 0 Å². The van der Waals surface area contributed by atoms with Gasteiger partial charge in [-0.3, -0.25) is 0 Å². The van der Waals surface area contributed by atoms with Crippen molar-refractivity contribution >= 4 is 0 Å². The minimum atomic E-state index is 0.587. The van der Waals surface area contributed by atoms with E-state index < -0.39 is 0 Å². The highest BCUT2D eigenvalue weighted by molar-refractivity contribution is 5.10. The normalized spacial score (nSPS) is 23.0. The summed E-state index contributed by atoms with van der Waals surface area (Å²) in [5.74, 6) is 0.587. The van der Waals surface area contributed by atoms with Gasteiger partial charge in [0, 0.05) is 13.1 Å². The third-order valence-corrected chi connectivity index (χ3v) is 2.43. The van der Waals surface area contributed by atoms with E-state index in [4.69, 9.17) is 5.73 Å². The standard InChI is InChI=1S/C9H18N2/c1-8(7-10)9-3-5-11(2)6-4-9/h3,8H,4-7,10H2,1-2H3. The van der Waals surface area contributed by atoms with E-state index in [1.165, 1.54) is 13.0 Å². The van der Waals surface area contributed by atoms with Crippen molar-refractivity contribution in [2.75, 3.05) is 26.7 Å². The number of hydrogen-bond acceptors (Lipinski definition) is 2. The van der Waals surface area contributed by atoms with Crippen LogP contribution < -0.4 is 5.73 Å². The quantitative estimate of drug-likeness (QED) is 0.597. The summed E-state index contributed by atoms with van der Waals surface area (Å²) in [4.78, 5) is 2.33. The molecule has 1 aliphatic rings. The molecule has 0 spiro atoms. The number of nitrogens with zero attached hydrogens (tertiary/aromatic N) is 1. The van der Waals surface area contributed by atoms with E-state index in [1.807, 2.05) is 0 Å². The lowest BCUT2D eigenvalue weighted by molar-refractivity contribution is 0.349. The van der Waals surface area contributed by atoms with Gasteiger partial charge in [-0.25, -0.2) is 0 Å². The number of likely N-dealkylation sites (N-methyl/N-ethyl adjacent to an activating group) is 1. The second-order valence-electron chi connectivity index (χ2n) is 3.43. The second kappa shape index (κ2) is 3.88. The molecule has 2 nitrogen and oxygen atoms in total. The molecule has 2 heteroatoms. The summed E-state index contributed by atoms with van der Waals surface area (Å²) in [6.45, 7) is 5.28. The first-order chi connectivity index (χ1) is 5.24. The van der Waals surface area contributed by atoms with Gasteiger partial charge in [-0.15, -0.1) is 0 Å². The fourth-order valence-corrected chi connectivity index (χ4v) is 1.39. The van der Waals surface area contributed by atoms with Gasteiger partial charge in [-0.1, -0.05) is 18.6 Å². The van der Waals surface area contributed by atoms with Gasteiger partial charge in [0.15, 0.2) is 0 Å². The molecule has 2 N–H and O–H groups in total. The lowest BCUT2D eigenvalue weighted by Gasteiger charge is -2.24. The molecule has 11 heavy (non-hydrogen) atoms. The van der Waals surface area contributed by atoms with Crippen molar-refractivity contribution in [2.24, 2.45) is 11.7 Å². The van der Waals surface area contributed by atoms with Crippen molar-refractivity contribution in [1.29, 1.82) is 0 Å². The van der Waals surface area contributed by atoms with E-state index in [2.05, 4.69) is 24.9 Å². The summed E-state index contributed by atoms with van der Waals surface area (Å²) < 4.78 is 0. The van der Waals surface area contributed by atoms with Crippen molar-refractivity contribution in [3.63, 3.8) is 0 Å². The number of rotatable bonds is 2. The maximum atomic E-state index is 5.58. The van der Waals surface area contributed by atoms with Crippen LogP contribution >= 0.6 is 0 Å². The molecule has 0 aromatic heterocycles. The third-order valence-electron chi connectivity index (χ3n) is 2.43. The minimum Gasteiger partial charge on any atom is -0.330 e. The lowest BCUT2D eigenvalue weighted by Crippen LogP contribution is -2.27. The minimum absolute atomic E-state index is 0.587. The summed E-state index contributed by atoms with van der Waals surface area (Å²) in [5, 5.41) is 0. The van der Waals surface area contributed by atoms with Crippen molar-refractivity contribution in [3.8, 4) is 0 Å². The fraction of sp³-hybridized carbons (Fsp3) is 0.778. The largest absolute Gasteiger partial charge is 0.330 e. The Morgan fingerprint density at radius 1 is 1.73 bits per heavy atom. The molecule has 1 heterocycles. The average molecular weight is 154 g/mol. The van der Waals surface area contributed by atoms with Gasteiger partial charge in [-0.05, 0) is 25.9 Å². The SMILES string of the molecule is CC(CN)C1=CCN(C)CC1. The summed E-state index contributed by atoms with van der Waals surface area (Å²) in [6.07, 6.45) is 3.52. The molecule has 0 fully saturated rings. The Labute approximate surface area is 69.1 Å². The van der Waals surface area contributed by atoms with Crippen LogP contribution in [-0.4, -0.2) is 31.6 Å². The first-order valence-electron chi connectivity index (χ1n) is 4.31. The average Bonchev–Trinajstić information content (AvgIpc) is 2.05. The molecule has 64 valence electrons. The molecule has 1 rings (SSSR count). The lowest BCUT2D eigenvalue weighted by atomic mass is 9.95. The van der Waals surface area contributed by atoms with Gasteiger partial charge in [-0.2, -0.15) is 0 Å². The molecule has 0 radical (unpaired) electrons. The van der Waals surface area contributed by atoms with Crippen LogP contribution in [0.1, 0.15) is 13.3 Å². The first kappa shape index (κ1) is 8.75. The molecule has 0 saturated carbocycles. The van der Waals surface area contributed by atoms with Crippen LogP contribution in [0, 0.1) is 5.92 Å². The van der Waals surface area contributed by atoms with Crippen molar-refractivity contribution in [1.82, 2.24) is 4.90 Å². The van der Waals surface area contributed by atoms with Gasteiger partial charge in [0.1, 0.15) is 0 Å². The van der Waals surface area contributed by atoms with Crippen LogP contribution in [-0.2, 0) is 0 Å². The molecule has 0 aliphatic carbocycles. The first-order valence-corrected chi connectivity index (χ1v) is 4.31. The highest BCUT2D eigenvalue weighted by Crippen LogP contribution is 2.17. The Hall–Kier alpha value is -0.340. The molecule has 0 saturated heterocycles. The zero-order valence-electron chi connectivity index (χ0n) is 7.51. The summed E-state index contributed by atoms with van der Waals surface area (Å²) >= 11 is 0. The third kappa shape index (κ3) is 2.31. The van der Waals surface area contributed by atoms with Crippen LogP contribution in [0.4, 0.5) is 0 Å². The van der Waals surface area contributed by atoms with E-state index in [-0.39, 0.29) is 0 Å². The molecule has 0 amide bonds. The van der Waals surface area contributed by atoms with Gasteiger partial charge in [0.2, 0.25) is 0 Å². The predicted octanol–water partition coefficient (Wildman–Crippen LogP) is 0.843. The monoisotopic (exact) mass is 154 g/mol. The molecular formula is C9H18N2. The van der Waals surface area contributed by atoms with E-state index >= 15 is 0 Å². The van der Waals surface area contributed by atoms with Crippen LogP contribution in [0.5, 0.6) is 0 Å². The fourth-order valence-electron chi connectivity index (χ4n) is 1.39. The van der Waals surface area contributed by atoms with Crippen molar-refractivity contribution < 1.29 is 0 Å². The Kier molecular flexibility index (Phi) is 3.09. The summed E-state index contributed by atoms with van der Waals surface area (Å²) in [5.41, 5.74) is 7.13. The maximum absolute atomic E-state index is 5.58. The topological polar surface area (TPSA) is 29.3 Å². The molecule has 1 atom stereocenters. The molecule has 1 aliphatic heterocycles. The zero-order chi connectivity index (χ0) is 8.27. The Morgan fingerprint density at radius 3 is 2.91 bits per heavy atom. The molecule has 0 aromatic carbocycles. The van der Waals surface area contributed by atoms with Gasteiger partial charge in [0.25, 0.3) is 0 Å². The molecular weight excluding hydrogens is 136 g/mol. The van der Waals surface area contributed by atoms with Crippen LogP contribution in [0.3, 0.4) is 0 Å². The van der Waals surface area contributed by atoms with Gasteiger partial charge in [0.05, 0.1) is 0 Å². The Morgan fingerprint density at radius 2 is 2.45 bits per heavy atom. The predicted molar refractivity (Wildman–Crippen MR) is 48.4 cm³/mol. The highest BCUT2D eigenvalue weighted by Gasteiger charge is 2.11.